The molecule has 1 aromatic heterocycles. The molecular formula is C14H21BrN2O2S. The maximum absolute atomic E-state index is 12.2. The molecule has 1 atom stereocenters. The quantitative estimate of drug-likeness (QED) is 0.337. The van der Waals surface area contributed by atoms with E-state index >= 15 is 0 Å². The second-order valence-corrected chi connectivity index (χ2v) is 8.06. The van der Waals surface area contributed by atoms with Crippen molar-refractivity contribution in [2.45, 2.75) is 38.4 Å². The zero-order chi connectivity index (χ0) is 15.2. The first-order chi connectivity index (χ1) is 9.34. The molecule has 0 saturated carbocycles. The molecule has 0 spiro atoms. The summed E-state index contributed by atoms with van der Waals surface area (Å²) in [6, 6.07) is 5.64. The zero-order valence-corrected chi connectivity index (χ0v) is 14.8. The molecule has 1 heterocycles. The summed E-state index contributed by atoms with van der Waals surface area (Å²) in [7, 11) is 1.67. The molecule has 0 N–H and O–H groups in total. The fourth-order valence-corrected chi connectivity index (χ4v) is 2.41. The summed E-state index contributed by atoms with van der Waals surface area (Å²) in [6.07, 6.45) is 1.52. The summed E-state index contributed by atoms with van der Waals surface area (Å²) in [4.78, 5) is 4.40. The van der Waals surface area contributed by atoms with Gasteiger partial charge in [0, 0.05) is 13.7 Å². The van der Waals surface area contributed by atoms with Gasteiger partial charge in [-0.3, -0.25) is 0 Å². The largest absolute Gasteiger partial charge is 0.591 e. The van der Waals surface area contributed by atoms with E-state index in [0.717, 1.165) is 22.4 Å². The molecule has 0 unspecified atom stereocenters. The van der Waals surface area contributed by atoms with Crippen LogP contribution in [-0.4, -0.2) is 33.7 Å². The lowest BCUT2D eigenvalue weighted by Crippen LogP contribution is -2.27. The van der Waals surface area contributed by atoms with Crippen LogP contribution in [0.25, 0.3) is 0 Å². The Bertz CT molecular complexity index is 461. The Morgan fingerprint density at radius 2 is 2.15 bits per heavy atom. The van der Waals surface area contributed by atoms with Crippen LogP contribution in [0.4, 0.5) is 0 Å². The van der Waals surface area contributed by atoms with Crippen molar-refractivity contribution in [3.8, 4) is 0 Å². The van der Waals surface area contributed by atoms with Crippen molar-refractivity contribution in [2.75, 3.05) is 13.7 Å². The standard InChI is InChI=1S/C14H21BrN2O2S/c1-14(2,3)20(18)17-12(8-6-10-19-4)11-7-5-9-13(15)16-11/h5,7,9H,6,8,10H2,1-4H3/t20-/m1/s1. The number of pyridine rings is 1. The first kappa shape index (κ1) is 17.6. The summed E-state index contributed by atoms with van der Waals surface area (Å²) in [5, 5.41) is 0. The monoisotopic (exact) mass is 360 g/mol. The first-order valence-electron chi connectivity index (χ1n) is 6.46. The van der Waals surface area contributed by atoms with Crippen LogP contribution in [0.15, 0.2) is 27.2 Å². The first-order valence-corrected chi connectivity index (χ1v) is 8.36. The third-order valence-corrected chi connectivity index (χ3v) is 4.37. The van der Waals surface area contributed by atoms with Gasteiger partial charge in [0.05, 0.1) is 5.69 Å². The van der Waals surface area contributed by atoms with Gasteiger partial charge in [-0.05, 0) is 61.7 Å². The van der Waals surface area contributed by atoms with Gasteiger partial charge in [0.2, 0.25) is 0 Å². The van der Waals surface area contributed by atoms with E-state index < -0.39 is 11.4 Å². The molecule has 112 valence electrons. The van der Waals surface area contributed by atoms with Crippen LogP contribution in [-0.2, 0) is 16.1 Å². The van der Waals surface area contributed by atoms with E-state index in [9.17, 15) is 4.55 Å². The van der Waals surface area contributed by atoms with Gasteiger partial charge in [0.15, 0.2) is 0 Å². The molecule has 0 aliphatic heterocycles. The van der Waals surface area contributed by atoms with Crippen LogP contribution in [0.1, 0.15) is 39.3 Å². The minimum Gasteiger partial charge on any atom is -0.591 e. The molecule has 6 heteroatoms. The Labute approximate surface area is 132 Å². The van der Waals surface area contributed by atoms with Crippen LogP contribution in [0, 0.1) is 0 Å². The summed E-state index contributed by atoms with van der Waals surface area (Å²) in [6.45, 7) is 6.38. The molecule has 0 fully saturated rings. The highest BCUT2D eigenvalue weighted by Crippen LogP contribution is 2.19. The van der Waals surface area contributed by atoms with E-state index in [2.05, 4.69) is 25.3 Å². The SMILES string of the molecule is COCCCC(=N[S@+]([O-])C(C)(C)C)c1cccc(Br)n1. The van der Waals surface area contributed by atoms with Crippen LogP contribution >= 0.6 is 15.9 Å². The summed E-state index contributed by atoms with van der Waals surface area (Å²) in [5.74, 6) is 0. The van der Waals surface area contributed by atoms with Crippen LogP contribution in [0.2, 0.25) is 0 Å². The van der Waals surface area contributed by atoms with E-state index in [4.69, 9.17) is 4.74 Å². The number of ether oxygens (including phenoxy) is 1. The smallest absolute Gasteiger partial charge is 0.144 e. The van der Waals surface area contributed by atoms with E-state index in [1.165, 1.54) is 0 Å². The van der Waals surface area contributed by atoms with Crippen LogP contribution in [0.3, 0.4) is 0 Å². The van der Waals surface area contributed by atoms with Gasteiger partial charge in [-0.2, -0.15) is 0 Å². The lowest BCUT2D eigenvalue weighted by atomic mass is 10.1. The Balaban J connectivity index is 2.99. The molecule has 0 amide bonds. The van der Waals surface area contributed by atoms with E-state index in [1.807, 2.05) is 39.0 Å². The third kappa shape index (κ3) is 5.91. The fourth-order valence-electron chi connectivity index (χ4n) is 1.41. The maximum atomic E-state index is 12.2. The van der Waals surface area contributed by atoms with E-state index in [-0.39, 0.29) is 4.75 Å². The predicted molar refractivity (Wildman–Crippen MR) is 87.5 cm³/mol. The highest BCUT2D eigenvalue weighted by atomic mass is 79.9. The minimum atomic E-state index is -1.29. The fraction of sp³-hybridized carbons (Fsp3) is 0.571. The van der Waals surface area contributed by atoms with Crippen LogP contribution < -0.4 is 0 Å². The highest BCUT2D eigenvalue weighted by Gasteiger charge is 2.27. The van der Waals surface area contributed by atoms with E-state index in [1.54, 1.807) is 7.11 Å². The summed E-state index contributed by atoms with van der Waals surface area (Å²) < 4.78 is 22.0. The molecule has 20 heavy (non-hydrogen) atoms. The number of aromatic nitrogens is 1. The molecule has 1 aromatic rings. The molecule has 0 aliphatic carbocycles. The second kappa shape index (κ2) is 8.12. The average molecular weight is 361 g/mol. The molecule has 0 saturated heterocycles. The van der Waals surface area contributed by atoms with Crippen molar-refractivity contribution in [3.63, 3.8) is 0 Å². The van der Waals surface area contributed by atoms with Crippen molar-refractivity contribution in [1.82, 2.24) is 4.98 Å². The van der Waals surface area contributed by atoms with Gasteiger partial charge in [-0.15, -0.1) is 0 Å². The Kier molecular flexibility index (Phi) is 7.15. The van der Waals surface area contributed by atoms with Crippen molar-refractivity contribution in [3.05, 3.63) is 28.5 Å². The van der Waals surface area contributed by atoms with Gasteiger partial charge in [-0.1, -0.05) is 10.5 Å². The molecule has 1 rings (SSSR count). The molecule has 0 aromatic carbocycles. The highest BCUT2D eigenvalue weighted by molar-refractivity contribution is 9.10. The summed E-state index contributed by atoms with van der Waals surface area (Å²) >= 11 is 2.06. The number of nitrogens with zero attached hydrogens (tertiary/aromatic N) is 2. The number of rotatable bonds is 6. The predicted octanol–water partition coefficient (Wildman–Crippen LogP) is 3.52. The Hall–Kier alpha value is -0.430. The van der Waals surface area contributed by atoms with Gasteiger partial charge < -0.3 is 9.29 Å². The molecular weight excluding hydrogens is 340 g/mol. The van der Waals surface area contributed by atoms with Crippen molar-refractivity contribution < 1.29 is 9.29 Å². The number of hydrogen-bond donors (Lipinski definition) is 0. The molecule has 0 aliphatic rings. The number of hydrogen-bond acceptors (Lipinski definition) is 4. The lowest BCUT2D eigenvalue weighted by molar-refractivity contribution is 0.197. The lowest BCUT2D eigenvalue weighted by Gasteiger charge is -2.19. The van der Waals surface area contributed by atoms with Gasteiger partial charge in [0.1, 0.15) is 26.4 Å². The molecule has 0 radical (unpaired) electrons. The number of halogens is 1. The normalized spacial score (nSPS) is 14.4. The van der Waals surface area contributed by atoms with Gasteiger partial charge in [0.25, 0.3) is 0 Å². The third-order valence-electron chi connectivity index (χ3n) is 2.49. The van der Waals surface area contributed by atoms with Crippen molar-refractivity contribution in [2.24, 2.45) is 4.40 Å². The maximum Gasteiger partial charge on any atom is 0.144 e. The average Bonchev–Trinajstić information content (AvgIpc) is 2.36. The van der Waals surface area contributed by atoms with Gasteiger partial charge >= 0.3 is 0 Å². The zero-order valence-electron chi connectivity index (χ0n) is 12.4. The van der Waals surface area contributed by atoms with Crippen molar-refractivity contribution in [1.29, 1.82) is 0 Å². The van der Waals surface area contributed by atoms with Crippen molar-refractivity contribution >= 4 is 33.0 Å². The number of methoxy groups -OCH3 is 1. The Morgan fingerprint density at radius 3 is 2.70 bits per heavy atom. The topological polar surface area (TPSA) is 57.5 Å². The second-order valence-electron chi connectivity index (χ2n) is 5.34. The Morgan fingerprint density at radius 1 is 1.45 bits per heavy atom. The minimum absolute atomic E-state index is 0.376. The van der Waals surface area contributed by atoms with Crippen LogP contribution in [0.5, 0.6) is 0 Å². The summed E-state index contributed by atoms with van der Waals surface area (Å²) in [5.41, 5.74) is 1.52. The van der Waals surface area contributed by atoms with E-state index in [0.29, 0.717) is 13.0 Å². The molecule has 0 bridgehead atoms. The van der Waals surface area contributed by atoms with Gasteiger partial charge in [-0.25, -0.2) is 4.98 Å². The molecule has 4 nitrogen and oxygen atoms in total.